The number of ether oxygens (including phenoxy) is 14. The van der Waals surface area contributed by atoms with E-state index < -0.39 is 312 Å². The number of carbonyl (C=O) groups is 10. The maximum atomic E-state index is 10.8. The second-order valence-corrected chi connectivity index (χ2v) is 28.0. The van der Waals surface area contributed by atoms with E-state index in [1.165, 1.54) is 34.6 Å². The van der Waals surface area contributed by atoms with Gasteiger partial charge in [0.05, 0.1) is 82.3 Å². The fourth-order valence-electron chi connectivity index (χ4n) is 10.6. The minimum atomic E-state index is -1.90. The van der Waals surface area contributed by atoms with Crippen molar-refractivity contribution in [3.63, 3.8) is 0 Å². The molecule has 7 aliphatic heterocycles. The number of rotatable bonds is 30. The summed E-state index contributed by atoms with van der Waals surface area (Å²) in [5.74, 6) is -14.2. The lowest BCUT2D eigenvalue weighted by molar-refractivity contribution is -0.304. The van der Waals surface area contributed by atoms with Crippen LogP contribution in [0.15, 0.2) is 0 Å². The van der Waals surface area contributed by atoms with Crippen LogP contribution >= 0.6 is 0 Å². The molecule has 734 valence electrons. The molecule has 0 aromatic heterocycles. The predicted octanol–water partition coefficient (Wildman–Crippen LogP) is -17.6. The van der Waals surface area contributed by atoms with Crippen LogP contribution in [0.25, 0.3) is 0 Å². The predicted molar refractivity (Wildman–Crippen MR) is 378 cm³/mol. The fraction of sp³-hybridized carbons (Fsp3) is 0.833. The first-order valence-electron chi connectivity index (χ1n) is 36.7. The van der Waals surface area contributed by atoms with Gasteiger partial charge in [-0.3, -0.25) is 14.4 Å². The van der Waals surface area contributed by atoms with E-state index in [2.05, 4.69) is 9.47 Å². The van der Waals surface area contributed by atoms with Gasteiger partial charge in [0.15, 0.2) is 86.8 Å². The first-order valence-corrected chi connectivity index (χ1v) is 36.7. The third kappa shape index (κ3) is 37.6. The van der Waals surface area contributed by atoms with Crippen LogP contribution in [-0.4, -0.2) is 517 Å². The van der Waals surface area contributed by atoms with Crippen molar-refractivity contribution < 1.29 is 297 Å². The minimum Gasteiger partial charge on any atom is -0.481 e. The SMILES string of the molecule is CC(C)O[C@H]1OC[C@H](O)[C@H](O)C1O.CC(CC(=O)O)O[C@H]1OC(C(=O)O)[C@@H](O)[C@H](O)C1O.CC(CC(=O)O)O[C@H]1OC(C(=O)O)[C@@H](O)[C@H](O)C1O.CC(CC(=O)O)O[C@H]1OC(C(=O)O)[C@H](O)[C@H](O)C1O.CC(CO)O[C@H]1OC(C(=O)O)[C@@H](O)[C@H](O)C1O.CC(CO)O[C@H]1OC(C(=O)O)[C@H](O)[C@H](O)C1O.O=C(O)C(CO)O[C@@H]1OC(C(=O)O)[C@@H](O)[C@H](O)C1O.O=C=O. The third-order valence-electron chi connectivity index (χ3n) is 17.2. The Morgan fingerprint density at radius 2 is 0.460 bits per heavy atom. The van der Waals surface area contributed by atoms with Crippen LogP contribution in [0.2, 0.25) is 0 Å². The van der Waals surface area contributed by atoms with Crippen molar-refractivity contribution in [1.29, 1.82) is 0 Å². The van der Waals surface area contributed by atoms with Crippen LogP contribution in [0.5, 0.6) is 0 Å². The highest BCUT2D eigenvalue weighted by atomic mass is 16.8. The van der Waals surface area contributed by atoms with Gasteiger partial charge in [0.25, 0.3) is 0 Å². The lowest BCUT2D eigenvalue weighted by Crippen LogP contribution is -2.61. The molecule has 40 atom stereocenters. The quantitative estimate of drug-likeness (QED) is 0.0318. The number of aliphatic carboxylic acids is 10. The van der Waals surface area contributed by atoms with Gasteiger partial charge in [-0.2, -0.15) is 9.59 Å². The molecule has 0 spiro atoms. The number of carbonyl (C=O) groups excluding carboxylic acids is 2. The molecular formula is C66H110O60. The Kier molecular flexibility index (Phi) is 53.5. The summed E-state index contributed by atoms with van der Waals surface area (Å²) < 4.78 is 68.7. The molecule has 0 aromatic rings. The van der Waals surface area contributed by atoms with Gasteiger partial charge in [-0.05, 0) is 48.5 Å². The zero-order chi connectivity index (χ0) is 98.0. The van der Waals surface area contributed by atoms with E-state index in [1.54, 1.807) is 13.8 Å². The van der Waals surface area contributed by atoms with Crippen LogP contribution < -0.4 is 0 Å². The Morgan fingerprint density at radius 3 is 0.627 bits per heavy atom. The fourth-order valence-corrected chi connectivity index (χ4v) is 10.6. The second kappa shape index (κ2) is 56.9. The van der Waals surface area contributed by atoms with Crippen LogP contribution in [0.4, 0.5) is 0 Å². The first-order chi connectivity index (χ1) is 58.2. The topological polar surface area (TPSA) is 1020 Å². The summed E-state index contributed by atoms with van der Waals surface area (Å²) in [7, 11) is 0. The number of hydrogen-bond donors (Lipinski definition) is 34. The highest BCUT2D eigenvalue weighted by Gasteiger charge is 2.54. The van der Waals surface area contributed by atoms with Crippen molar-refractivity contribution in [2.45, 2.75) is 319 Å². The molecule has 60 nitrogen and oxygen atoms in total. The number of carboxylic acids is 10. The highest BCUT2D eigenvalue weighted by Crippen LogP contribution is 2.30. The zero-order valence-electron chi connectivity index (χ0n) is 66.9. The molecule has 7 rings (SSSR count). The molecule has 7 heterocycles. The lowest BCUT2D eigenvalue weighted by atomic mass is 9.99. The largest absolute Gasteiger partial charge is 0.481 e. The highest BCUT2D eigenvalue weighted by molar-refractivity contribution is 5.76. The summed E-state index contributed by atoms with van der Waals surface area (Å²) in [4.78, 5) is 123. The molecular weight excluding hydrogens is 1750 g/mol. The Hall–Kier alpha value is -7.44. The van der Waals surface area contributed by atoms with Gasteiger partial charge in [-0.25, -0.2) is 33.6 Å². The van der Waals surface area contributed by atoms with Crippen molar-refractivity contribution in [2.75, 3.05) is 26.4 Å². The molecule has 0 aliphatic carbocycles. The minimum absolute atomic E-state index is 0.0182. The average molecular weight is 1860 g/mol. The van der Waals surface area contributed by atoms with Crippen molar-refractivity contribution in [2.24, 2.45) is 0 Å². The van der Waals surface area contributed by atoms with Crippen LogP contribution in [0.3, 0.4) is 0 Å². The van der Waals surface area contributed by atoms with Crippen molar-refractivity contribution in [3.05, 3.63) is 0 Å². The van der Waals surface area contributed by atoms with Gasteiger partial charge in [0.1, 0.15) is 128 Å². The van der Waals surface area contributed by atoms with E-state index >= 15 is 0 Å². The number of aliphatic hydroxyl groups excluding tert-OH is 24. The summed E-state index contributed by atoms with van der Waals surface area (Å²) in [5.41, 5.74) is 0. The van der Waals surface area contributed by atoms with E-state index in [0.29, 0.717) is 0 Å². The van der Waals surface area contributed by atoms with E-state index in [1.807, 2.05) is 0 Å². The summed E-state index contributed by atoms with van der Waals surface area (Å²) in [6.07, 6.45) is -62.3. The molecule has 7 saturated heterocycles. The monoisotopic (exact) mass is 1860 g/mol. The second-order valence-electron chi connectivity index (χ2n) is 28.0. The standard InChI is InChI=1S/3C10H16O9.C9H14O10.2C9H16O8.C8H16O5.CO2/c3*1-3(2-4(11)12)18-10-7(15)5(13)6(14)8(19-10)9(16)17;10-1-2(7(14)15)18-9-5(13)3(11)4(12)6(19-9)8(16)17;2*1-3(2-10)16-9-6(13)4(11)5(12)7(17-9)8(14)15;1-4(2)13-8-7(11)6(10)5(9)3-12-8;2-1-3/h3*3,5-8,10,13-15H,2H2,1H3,(H,11,12)(H,16,17);2-6,9-13H,1H2,(H,14,15)(H,16,17);2*3-7,9-13H,2H2,1H3,(H,14,15);4-11H,3H2,1-2H3;/t3?,5-,6+,7?,8?,10-;2*3?,5-,6-,7?,8?,10-;2?,3-,4-,5?,6?,9+;3?,4-,5+,6?,7?,9-;3?,4-,5-,6?,7?,9-;5-,6-,7?,8+;/m0000000./s1. The maximum Gasteiger partial charge on any atom is 0.373 e. The van der Waals surface area contributed by atoms with Crippen LogP contribution in [0, 0.1) is 0 Å². The van der Waals surface area contributed by atoms with Crippen molar-refractivity contribution >= 4 is 65.8 Å². The van der Waals surface area contributed by atoms with Crippen molar-refractivity contribution in [3.8, 4) is 0 Å². The molecule has 0 bridgehead atoms. The normalized spacial score (nSPS) is 37.2. The molecule has 34 N–H and O–H groups in total. The molecule has 60 heteroatoms. The van der Waals surface area contributed by atoms with Gasteiger partial charge in [-0.1, -0.05) is 0 Å². The smallest absolute Gasteiger partial charge is 0.373 e. The molecule has 0 amide bonds. The molecule has 126 heavy (non-hydrogen) atoms. The summed E-state index contributed by atoms with van der Waals surface area (Å²) in [6, 6.07) is 0. The number of carboxylic acid groups (broad SMARTS) is 10. The number of hydrogen-bond acceptors (Lipinski definition) is 50. The van der Waals surface area contributed by atoms with E-state index in [-0.39, 0.29) is 51.3 Å². The van der Waals surface area contributed by atoms with Gasteiger partial charge < -0.3 is 240 Å². The van der Waals surface area contributed by atoms with Crippen molar-refractivity contribution in [1.82, 2.24) is 0 Å². The first kappa shape index (κ1) is 119. The average Bonchev–Trinajstić information content (AvgIpc) is 0.829. The molecule has 0 saturated carbocycles. The lowest BCUT2D eigenvalue weighted by Gasteiger charge is -2.39. The van der Waals surface area contributed by atoms with Gasteiger partial charge in [0.2, 0.25) is 0 Å². The Labute approximate surface area is 707 Å². The maximum absolute atomic E-state index is 10.8. The van der Waals surface area contributed by atoms with Crippen LogP contribution in [0.1, 0.15) is 67.7 Å². The Morgan fingerprint density at radius 1 is 0.270 bits per heavy atom. The summed E-state index contributed by atoms with van der Waals surface area (Å²) >= 11 is 0. The third-order valence-corrected chi connectivity index (χ3v) is 17.2. The zero-order valence-corrected chi connectivity index (χ0v) is 66.9. The van der Waals surface area contributed by atoms with E-state index in [0.717, 1.165) is 0 Å². The Balaban J connectivity index is 0.00000144. The Bertz CT molecular complexity index is 3100. The molecule has 19 unspecified atom stereocenters. The molecule has 0 radical (unpaired) electrons. The summed E-state index contributed by atoms with van der Waals surface area (Å²) in [6.45, 7) is 9.03. The molecule has 7 aliphatic rings. The van der Waals surface area contributed by atoms with E-state index in [9.17, 15) is 150 Å². The van der Waals surface area contributed by atoms with E-state index in [4.69, 9.17) is 138 Å². The van der Waals surface area contributed by atoms with Gasteiger partial charge in [0, 0.05) is 0 Å². The van der Waals surface area contributed by atoms with Gasteiger partial charge in [-0.15, -0.1) is 0 Å². The summed E-state index contributed by atoms with van der Waals surface area (Å²) in [5, 5.41) is 311. The molecule has 0 aromatic carbocycles. The van der Waals surface area contributed by atoms with Gasteiger partial charge >= 0.3 is 65.8 Å². The molecule has 7 fully saturated rings. The number of aliphatic hydroxyl groups is 24. The van der Waals surface area contributed by atoms with Crippen LogP contribution in [-0.2, 0) is 124 Å².